The van der Waals surface area contributed by atoms with Gasteiger partial charge >= 0.3 is 0 Å². The van der Waals surface area contributed by atoms with Crippen molar-refractivity contribution < 1.29 is 8.42 Å². The highest BCUT2D eigenvalue weighted by molar-refractivity contribution is 7.89. The smallest absolute Gasteiger partial charge is 0.240 e. The van der Waals surface area contributed by atoms with E-state index in [1.165, 1.54) is 12.1 Å². The minimum Gasteiger partial charge on any atom is -0.355 e. The molecule has 0 atom stereocenters. The number of benzene rings is 1. The Morgan fingerprint density at radius 1 is 1.33 bits per heavy atom. The van der Waals surface area contributed by atoms with Gasteiger partial charge in [-0.05, 0) is 32.0 Å². The molecule has 8 heteroatoms. The molecule has 1 aromatic carbocycles. The van der Waals surface area contributed by atoms with E-state index in [4.69, 9.17) is 11.6 Å². The first-order valence-corrected chi connectivity index (χ1v) is 8.43. The van der Waals surface area contributed by atoms with Crippen molar-refractivity contribution in [2.24, 2.45) is 4.99 Å². The summed E-state index contributed by atoms with van der Waals surface area (Å²) < 4.78 is 26.6. The number of rotatable bonds is 6. The second-order valence-electron chi connectivity index (χ2n) is 4.65. The first-order valence-electron chi connectivity index (χ1n) is 6.57. The summed E-state index contributed by atoms with van der Waals surface area (Å²) in [7, 11) is -1.88. The number of guanidine groups is 1. The molecule has 0 radical (unpaired) electrons. The average molecular weight is 333 g/mol. The van der Waals surface area contributed by atoms with Gasteiger partial charge in [0, 0.05) is 31.2 Å². The molecule has 0 heterocycles. The maximum absolute atomic E-state index is 12.0. The largest absolute Gasteiger partial charge is 0.355 e. The average Bonchev–Trinajstić information content (AvgIpc) is 2.41. The van der Waals surface area contributed by atoms with E-state index in [9.17, 15) is 8.42 Å². The van der Waals surface area contributed by atoms with Gasteiger partial charge < -0.3 is 10.6 Å². The van der Waals surface area contributed by atoms with Crippen LogP contribution < -0.4 is 15.4 Å². The molecule has 0 fully saturated rings. The monoisotopic (exact) mass is 332 g/mol. The van der Waals surface area contributed by atoms with E-state index in [1.807, 2.05) is 13.8 Å². The molecule has 0 aliphatic carbocycles. The summed E-state index contributed by atoms with van der Waals surface area (Å²) >= 11 is 5.79. The van der Waals surface area contributed by atoms with Crippen molar-refractivity contribution in [1.82, 2.24) is 15.4 Å². The highest BCUT2D eigenvalue weighted by Crippen LogP contribution is 2.14. The topological polar surface area (TPSA) is 82.6 Å². The quantitative estimate of drug-likeness (QED) is 0.415. The number of nitrogens with zero attached hydrogens (tertiary/aromatic N) is 1. The number of sulfonamides is 1. The van der Waals surface area contributed by atoms with Gasteiger partial charge in [0.05, 0.1) is 4.90 Å². The molecule has 0 spiro atoms. The lowest BCUT2D eigenvalue weighted by atomic mass is 10.4. The van der Waals surface area contributed by atoms with E-state index in [1.54, 1.807) is 19.2 Å². The summed E-state index contributed by atoms with van der Waals surface area (Å²) in [6, 6.07) is 6.39. The van der Waals surface area contributed by atoms with Crippen molar-refractivity contribution >= 4 is 27.6 Å². The number of nitrogens with one attached hydrogen (secondary N) is 3. The minimum absolute atomic E-state index is 0.152. The molecule has 1 aromatic rings. The van der Waals surface area contributed by atoms with Crippen LogP contribution in [0.4, 0.5) is 0 Å². The minimum atomic E-state index is -3.55. The summed E-state index contributed by atoms with van der Waals surface area (Å²) in [4.78, 5) is 4.18. The first kappa shape index (κ1) is 17.7. The van der Waals surface area contributed by atoms with Gasteiger partial charge in [-0.2, -0.15) is 0 Å². The Morgan fingerprint density at radius 3 is 2.62 bits per heavy atom. The highest BCUT2D eigenvalue weighted by atomic mass is 35.5. The van der Waals surface area contributed by atoms with Crippen LogP contribution in [0.5, 0.6) is 0 Å². The van der Waals surface area contributed by atoms with Gasteiger partial charge in [0.2, 0.25) is 10.0 Å². The summed E-state index contributed by atoms with van der Waals surface area (Å²) in [6.45, 7) is 4.66. The van der Waals surface area contributed by atoms with Gasteiger partial charge in [-0.1, -0.05) is 17.7 Å². The maximum atomic E-state index is 12.0. The standard InChI is InChI=1S/C13H21ClN4O2S/c1-10(2)18-13(15-3)16-7-8-17-21(19,20)12-6-4-5-11(14)9-12/h4-6,9-10,17H,7-8H2,1-3H3,(H2,15,16,18). The van der Waals surface area contributed by atoms with Crippen LogP contribution in [0.3, 0.4) is 0 Å². The van der Waals surface area contributed by atoms with Crippen LogP contribution in [-0.4, -0.2) is 40.6 Å². The normalized spacial score (nSPS) is 12.5. The summed E-state index contributed by atoms with van der Waals surface area (Å²) in [6.07, 6.45) is 0. The molecular formula is C13H21ClN4O2S. The lowest BCUT2D eigenvalue weighted by molar-refractivity contribution is 0.580. The van der Waals surface area contributed by atoms with Gasteiger partial charge in [-0.25, -0.2) is 13.1 Å². The zero-order chi connectivity index (χ0) is 15.9. The second kappa shape index (κ2) is 8.21. The van der Waals surface area contributed by atoms with E-state index in [-0.39, 0.29) is 17.5 Å². The molecule has 0 saturated heterocycles. The van der Waals surface area contributed by atoms with E-state index in [2.05, 4.69) is 20.3 Å². The summed E-state index contributed by atoms with van der Waals surface area (Å²) in [5.74, 6) is 0.631. The Bertz CT molecular complexity index is 588. The molecule has 3 N–H and O–H groups in total. The fraction of sp³-hybridized carbons (Fsp3) is 0.462. The molecule has 6 nitrogen and oxygen atoms in total. The van der Waals surface area contributed by atoms with Gasteiger partial charge in [-0.15, -0.1) is 0 Å². The van der Waals surface area contributed by atoms with Crippen LogP contribution in [0.1, 0.15) is 13.8 Å². The van der Waals surface area contributed by atoms with Crippen molar-refractivity contribution in [3.8, 4) is 0 Å². The fourth-order valence-corrected chi connectivity index (χ4v) is 2.88. The Hall–Kier alpha value is -1.31. The van der Waals surface area contributed by atoms with Crippen molar-refractivity contribution in [3.63, 3.8) is 0 Å². The lowest BCUT2D eigenvalue weighted by Crippen LogP contribution is -2.43. The summed E-state index contributed by atoms with van der Waals surface area (Å²) in [5, 5.41) is 6.52. The lowest BCUT2D eigenvalue weighted by Gasteiger charge is -2.14. The van der Waals surface area contributed by atoms with Crippen molar-refractivity contribution in [3.05, 3.63) is 29.3 Å². The van der Waals surface area contributed by atoms with Crippen LogP contribution in [-0.2, 0) is 10.0 Å². The van der Waals surface area contributed by atoms with E-state index < -0.39 is 10.0 Å². The first-order chi connectivity index (χ1) is 9.85. The highest BCUT2D eigenvalue weighted by Gasteiger charge is 2.13. The molecule has 1 rings (SSSR count). The van der Waals surface area contributed by atoms with E-state index in [0.29, 0.717) is 17.5 Å². The molecular weight excluding hydrogens is 312 g/mol. The third-order valence-electron chi connectivity index (χ3n) is 2.46. The van der Waals surface area contributed by atoms with Crippen LogP contribution in [0.2, 0.25) is 5.02 Å². The molecule has 0 saturated carbocycles. The second-order valence-corrected chi connectivity index (χ2v) is 6.86. The number of hydrogen-bond acceptors (Lipinski definition) is 3. The molecule has 0 aromatic heterocycles. The zero-order valence-corrected chi connectivity index (χ0v) is 13.9. The Morgan fingerprint density at radius 2 is 2.05 bits per heavy atom. The van der Waals surface area contributed by atoms with Crippen LogP contribution >= 0.6 is 11.6 Å². The molecule has 21 heavy (non-hydrogen) atoms. The molecule has 0 bridgehead atoms. The van der Waals surface area contributed by atoms with Crippen molar-refractivity contribution in [2.75, 3.05) is 20.1 Å². The SMILES string of the molecule is CN=C(NCCNS(=O)(=O)c1cccc(Cl)c1)NC(C)C. The number of hydrogen-bond donors (Lipinski definition) is 3. The third kappa shape index (κ3) is 6.33. The third-order valence-corrected chi connectivity index (χ3v) is 4.16. The molecule has 0 amide bonds. The number of halogens is 1. The summed E-state index contributed by atoms with van der Waals surface area (Å²) in [5.41, 5.74) is 0. The maximum Gasteiger partial charge on any atom is 0.240 e. The zero-order valence-electron chi connectivity index (χ0n) is 12.4. The van der Waals surface area contributed by atoms with E-state index in [0.717, 1.165) is 0 Å². The van der Waals surface area contributed by atoms with Gasteiger partial charge in [0.1, 0.15) is 0 Å². The number of aliphatic imine (C=N–C) groups is 1. The molecule has 0 aliphatic rings. The fourth-order valence-electron chi connectivity index (χ4n) is 1.55. The van der Waals surface area contributed by atoms with Gasteiger partial charge in [-0.3, -0.25) is 4.99 Å². The van der Waals surface area contributed by atoms with Crippen molar-refractivity contribution in [1.29, 1.82) is 0 Å². The molecule has 0 aliphatic heterocycles. The Kier molecular flexibility index (Phi) is 6.94. The van der Waals surface area contributed by atoms with Gasteiger partial charge in [0.15, 0.2) is 5.96 Å². The van der Waals surface area contributed by atoms with Crippen LogP contribution in [0, 0.1) is 0 Å². The predicted molar refractivity (Wildman–Crippen MR) is 86.3 cm³/mol. The molecule has 118 valence electrons. The van der Waals surface area contributed by atoms with Gasteiger partial charge in [0.25, 0.3) is 0 Å². The Balaban J connectivity index is 2.48. The molecule has 0 unspecified atom stereocenters. The predicted octanol–water partition coefficient (Wildman–Crippen LogP) is 1.19. The Labute approximate surface area is 131 Å². The van der Waals surface area contributed by atoms with Crippen molar-refractivity contribution in [2.45, 2.75) is 24.8 Å². The van der Waals surface area contributed by atoms with Crippen LogP contribution in [0.25, 0.3) is 0 Å². The van der Waals surface area contributed by atoms with Crippen LogP contribution in [0.15, 0.2) is 34.2 Å². The van der Waals surface area contributed by atoms with E-state index >= 15 is 0 Å².